The predicted octanol–water partition coefficient (Wildman–Crippen LogP) is 0.960. The number of rotatable bonds is 4. The highest BCUT2D eigenvalue weighted by molar-refractivity contribution is 6.05. The van der Waals surface area contributed by atoms with Gasteiger partial charge in [-0.05, 0) is 26.0 Å². The second-order valence-electron chi connectivity index (χ2n) is 5.25. The van der Waals surface area contributed by atoms with E-state index in [4.69, 9.17) is 4.74 Å². The van der Waals surface area contributed by atoms with Crippen molar-refractivity contribution in [1.82, 2.24) is 9.88 Å². The van der Waals surface area contributed by atoms with Gasteiger partial charge in [0.2, 0.25) is 0 Å². The van der Waals surface area contributed by atoms with E-state index in [9.17, 15) is 19.5 Å². The van der Waals surface area contributed by atoms with Crippen molar-refractivity contribution in [3.8, 4) is 11.5 Å². The molecule has 0 aliphatic carbocycles. The zero-order valence-electron chi connectivity index (χ0n) is 13.3. The number of aromatic hydroxyl groups is 1. The van der Waals surface area contributed by atoms with Gasteiger partial charge in [0.15, 0.2) is 5.78 Å². The van der Waals surface area contributed by atoms with Crippen molar-refractivity contribution in [2.24, 2.45) is 7.05 Å². The molecule has 1 atom stereocenters. The summed E-state index contributed by atoms with van der Waals surface area (Å²) in [5.41, 5.74) is -0.642. The average Bonchev–Trinajstić information content (AvgIpc) is 2.51. The Kier molecular flexibility index (Phi) is 4.40. The Morgan fingerprint density at radius 1 is 1.35 bits per heavy atom. The highest BCUT2D eigenvalue weighted by atomic mass is 16.5. The maximum absolute atomic E-state index is 12.4. The van der Waals surface area contributed by atoms with E-state index in [2.05, 4.69) is 5.32 Å². The number of nitrogens with zero attached hydrogens (tertiary/aromatic N) is 1. The highest BCUT2D eigenvalue weighted by Crippen LogP contribution is 2.33. The zero-order valence-corrected chi connectivity index (χ0v) is 13.3. The standard InChI is InChI=1S/C16H18N2O5/c1-8(9(2)19)17-15(21)13-14(20)12-10(18(3)16(13)22)6-5-7-11(12)23-4/h5-8,20H,1-4H3,(H,17,21)/t8-/m0/s1. The smallest absolute Gasteiger partial charge is 0.267 e. The molecular weight excluding hydrogens is 300 g/mol. The third-order valence-corrected chi connectivity index (χ3v) is 3.76. The molecule has 7 nitrogen and oxygen atoms in total. The zero-order chi connectivity index (χ0) is 17.3. The number of ketones is 1. The fraction of sp³-hybridized carbons (Fsp3) is 0.312. The fourth-order valence-electron chi connectivity index (χ4n) is 2.29. The molecule has 0 bridgehead atoms. The number of fused-ring (bicyclic) bond motifs is 1. The molecule has 1 aromatic carbocycles. The Morgan fingerprint density at radius 3 is 2.57 bits per heavy atom. The molecule has 0 spiro atoms. The van der Waals surface area contributed by atoms with Crippen LogP contribution in [0.25, 0.3) is 10.9 Å². The summed E-state index contributed by atoms with van der Waals surface area (Å²) in [5, 5.41) is 13.1. The molecule has 23 heavy (non-hydrogen) atoms. The van der Waals surface area contributed by atoms with E-state index < -0.39 is 28.8 Å². The lowest BCUT2D eigenvalue weighted by Gasteiger charge is -2.15. The highest BCUT2D eigenvalue weighted by Gasteiger charge is 2.24. The normalized spacial score (nSPS) is 12.0. The molecule has 2 aromatic rings. The summed E-state index contributed by atoms with van der Waals surface area (Å²) in [7, 11) is 2.92. The van der Waals surface area contributed by atoms with Crippen LogP contribution in [0.15, 0.2) is 23.0 Å². The van der Waals surface area contributed by atoms with Crippen molar-refractivity contribution in [3.05, 3.63) is 34.1 Å². The van der Waals surface area contributed by atoms with Crippen molar-refractivity contribution in [2.45, 2.75) is 19.9 Å². The van der Waals surface area contributed by atoms with E-state index in [1.807, 2.05) is 0 Å². The lowest BCUT2D eigenvalue weighted by atomic mass is 10.1. The molecule has 0 radical (unpaired) electrons. The Balaban J connectivity index is 2.72. The first kappa shape index (κ1) is 16.5. The van der Waals surface area contributed by atoms with Crippen molar-refractivity contribution in [2.75, 3.05) is 7.11 Å². The lowest BCUT2D eigenvalue weighted by Crippen LogP contribution is -2.40. The van der Waals surface area contributed by atoms with Crippen molar-refractivity contribution in [1.29, 1.82) is 0 Å². The van der Waals surface area contributed by atoms with Gasteiger partial charge in [-0.2, -0.15) is 0 Å². The number of methoxy groups -OCH3 is 1. The summed E-state index contributed by atoms with van der Waals surface area (Å²) in [6.07, 6.45) is 0. The lowest BCUT2D eigenvalue weighted by molar-refractivity contribution is -0.118. The van der Waals surface area contributed by atoms with Crippen LogP contribution in [0, 0.1) is 0 Å². The van der Waals surface area contributed by atoms with E-state index in [-0.39, 0.29) is 11.2 Å². The molecule has 0 fully saturated rings. The minimum Gasteiger partial charge on any atom is -0.506 e. The van der Waals surface area contributed by atoms with Crippen LogP contribution >= 0.6 is 0 Å². The molecule has 0 unspecified atom stereocenters. The van der Waals surface area contributed by atoms with E-state index in [1.165, 1.54) is 32.6 Å². The molecular formula is C16H18N2O5. The first-order chi connectivity index (χ1) is 10.8. The minimum absolute atomic E-state index is 0.256. The number of amides is 1. The third-order valence-electron chi connectivity index (χ3n) is 3.76. The Morgan fingerprint density at radius 2 is 2.00 bits per heavy atom. The van der Waals surface area contributed by atoms with Gasteiger partial charge in [0.1, 0.15) is 17.1 Å². The summed E-state index contributed by atoms with van der Waals surface area (Å²) in [5.74, 6) is -1.19. The first-order valence-electron chi connectivity index (χ1n) is 6.99. The first-order valence-corrected chi connectivity index (χ1v) is 6.99. The van der Waals surface area contributed by atoms with Crippen LogP contribution in [0.3, 0.4) is 0 Å². The number of aromatic nitrogens is 1. The summed E-state index contributed by atoms with van der Waals surface area (Å²) in [6, 6.07) is 4.17. The number of hydrogen-bond acceptors (Lipinski definition) is 5. The van der Waals surface area contributed by atoms with Gasteiger partial charge < -0.3 is 19.7 Å². The summed E-state index contributed by atoms with van der Waals surface area (Å²) in [6.45, 7) is 2.83. The fourth-order valence-corrected chi connectivity index (χ4v) is 2.29. The van der Waals surface area contributed by atoms with E-state index in [0.29, 0.717) is 11.3 Å². The molecule has 2 rings (SSSR count). The minimum atomic E-state index is -0.807. The average molecular weight is 318 g/mol. The Bertz CT molecular complexity index is 854. The maximum Gasteiger partial charge on any atom is 0.267 e. The quantitative estimate of drug-likeness (QED) is 0.875. The van der Waals surface area contributed by atoms with Gasteiger partial charge in [-0.1, -0.05) is 6.07 Å². The Labute approximate surface area is 132 Å². The molecule has 0 saturated carbocycles. The Hall–Kier alpha value is -2.83. The van der Waals surface area contributed by atoms with Crippen LogP contribution in [0.4, 0.5) is 0 Å². The van der Waals surface area contributed by atoms with Crippen LogP contribution in [-0.2, 0) is 11.8 Å². The predicted molar refractivity (Wildman–Crippen MR) is 85.0 cm³/mol. The maximum atomic E-state index is 12.4. The molecule has 1 amide bonds. The number of nitrogens with one attached hydrogen (secondary N) is 1. The molecule has 122 valence electrons. The van der Waals surface area contributed by atoms with Gasteiger partial charge in [0.25, 0.3) is 11.5 Å². The van der Waals surface area contributed by atoms with Crippen molar-refractivity contribution in [3.63, 3.8) is 0 Å². The van der Waals surface area contributed by atoms with Crippen molar-refractivity contribution >= 4 is 22.6 Å². The topological polar surface area (TPSA) is 97.6 Å². The number of carbonyl (C=O) groups is 2. The summed E-state index contributed by atoms with van der Waals surface area (Å²) < 4.78 is 6.45. The molecule has 0 saturated heterocycles. The number of hydrogen-bond donors (Lipinski definition) is 2. The molecule has 0 aliphatic rings. The van der Waals surface area contributed by atoms with Crippen LogP contribution in [0.1, 0.15) is 24.2 Å². The molecule has 1 heterocycles. The monoisotopic (exact) mass is 318 g/mol. The summed E-state index contributed by atoms with van der Waals surface area (Å²) >= 11 is 0. The number of ether oxygens (including phenoxy) is 1. The van der Waals surface area contributed by atoms with Crippen LogP contribution in [0.2, 0.25) is 0 Å². The second-order valence-corrected chi connectivity index (χ2v) is 5.25. The number of benzene rings is 1. The van der Waals surface area contributed by atoms with Crippen molar-refractivity contribution < 1.29 is 19.4 Å². The number of Topliss-reactive ketones (excluding diaryl/α,β-unsaturated/α-hetero) is 1. The molecule has 1 aromatic heterocycles. The SMILES string of the molecule is COc1cccc2c1c(O)c(C(=O)N[C@@H](C)C(C)=O)c(=O)n2C. The van der Waals surface area contributed by atoms with Gasteiger partial charge in [0, 0.05) is 7.05 Å². The van der Waals surface area contributed by atoms with E-state index in [0.717, 1.165) is 0 Å². The number of aryl methyl sites for hydroxylation is 1. The van der Waals surface area contributed by atoms with Crippen LogP contribution in [0.5, 0.6) is 11.5 Å². The molecule has 2 N–H and O–H groups in total. The van der Waals surface area contributed by atoms with E-state index in [1.54, 1.807) is 18.2 Å². The molecule has 7 heteroatoms. The largest absolute Gasteiger partial charge is 0.506 e. The van der Waals surface area contributed by atoms with Gasteiger partial charge >= 0.3 is 0 Å². The van der Waals surface area contributed by atoms with Gasteiger partial charge in [-0.3, -0.25) is 14.4 Å². The van der Waals surface area contributed by atoms with Gasteiger partial charge in [-0.15, -0.1) is 0 Å². The third kappa shape index (κ3) is 2.77. The molecule has 0 aliphatic heterocycles. The summed E-state index contributed by atoms with van der Waals surface area (Å²) in [4.78, 5) is 36.0. The van der Waals surface area contributed by atoms with Crippen LogP contribution in [-0.4, -0.2) is 34.5 Å². The number of carbonyl (C=O) groups excluding carboxylic acids is 2. The van der Waals surface area contributed by atoms with Crippen LogP contribution < -0.4 is 15.6 Å². The van der Waals surface area contributed by atoms with Gasteiger partial charge in [-0.25, -0.2) is 0 Å². The number of pyridine rings is 1. The second kappa shape index (κ2) is 6.12. The van der Waals surface area contributed by atoms with E-state index >= 15 is 0 Å². The van der Waals surface area contributed by atoms with Gasteiger partial charge in [0.05, 0.1) is 24.1 Å².